The van der Waals surface area contributed by atoms with Gasteiger partial charge >= 0.3 is 0 Å². The second-order valence-corrected chi connectivity index (χ2v) is 6.40. The van der Waals surface area contributed by atoms with Crippen molar-refractivity contribution >= 4 is 23.4 Å². The van der Waals surface area contributed by atoms with Crippen molar-refractivity contribution in [1.82, 2.24) is 4.90 Å². The molecule has 0 bridgehead atoms. The van der Waals surface area contributed by atoms with E-state index in [-0.39, 0.29) is 5.91 Å². The largest absolute Gasteiger partial charge is 0.497 e. The van der Waals surface area contributed by atoms with Crippen LogP contribution in [0.3, 0.4) is 0 Å². The fourth-order valence-electron chi connectivity index (χ4n) is 3.17. The van der Waals surface area contributed by atoms with E-state index in [0.29, 0.717) is 29.0 Å². The molecule has 1 aliphatic heterocycles. The Morgan fingerprint density at radius 1 is 1.04 bits per heavy atom. The van der Waals surface area contributed by atoms with Crippen molar-refractivity contribution in [3.8, 4) is 5.75 Å². The number of imide groups is 1. The summed E-state index contributed by atoms with van der Waals surface area (Å²) in [5, 5.41) is 2.81. The molecule has 6 heteroatoms. The minimum atomic E-state index is -0.848. The molecule has 0 aliphatic carbocycles. The maximum absolute atomic E-state index is 12.9. The lowest BCUT2D eigenvalue weighted by Gasteiger charge is -2.25. The summed E-state index contributed by atoms with van der Waals surface area (Å²) in [7, 11) is 1.57. The van der Waals surface area contributed by atoms with Crippen molar-refractivity contribution in [3.05, 3.63) is 59.7 Å². The van der Waals surface area contributed by atoms with Crippen LogP contribution in [0.15, 0.2) is 48.5 Å². The van der Waals surface area contributed by atoms with Crippen molar-refractivity contribution in [1.29, 1.82) is 0 Å². The molecule has 1 heterocycles. The summed E-state index contributed by atoms with van der Waals surface area (Å²) in [5.41, 5.74) is 1.28. The number of unbranched alkanes of at least 4 members (excludes halogenated alkanes) is 1. The number of hydrogen-bond acceptors (Lipinski definition) is 4. The third-order valence-corrected chi connectivity index (χ3v) is 4.63. The van der Waals surface area contributed by atoms with Gasteiger partial charge < -0.3 is 10.1 Å². The molecule has 2 aromatic rings. The van der Waals surface area contributed by atoms with Crippen molar-refractivity contribution < 1.29 is 19.1 Å². The van der Waals surface area contributed by atoms with Crippen LogP contribution in [0.25, 0.3) is 0 Å². The van der Waals surface area contributed by atoms with E-state index < -0.39 is 17.9 Å². The molecular weight excluding hydrogens is 344 g/mol. The monoisotopic (exact) mass is 366 g/mol. The number of amides is 3. The Morgan fingerprint density at radius 2 is 1.63 bits per heavy atom. The van der Waals surface area contributed by atoms with Crippen molar-refractivity contribution in [3.63, 3.8) is 0 Å². The molecule has 3 rings (SSSR count). The first-order valence-electron chi connectivity index (χ1n) is 8.98. The number of nitrogens with zero attached hydrogens (tertiary/aromatic N) is 1. The zero-order chi connectivity index (χ0) is 19.4. The van der Waals surface area contributed by atoms with Crippen LogP contribution in [0.1, 0.15) is 46.9 Å². The zero-order valence-electron chi connectivity index (χ0n) is 15.4. The summed E-state index contributed by atoms with van der Waals surface area (Å²) < 4.78 is 5.11. The molecule has 1 N–H and O–H groups in total. The average molecular weight is 366 g/mol. The van der Waals surface area contributed by atoms with Gasteiger partial charge in [-0.05, 0) is 42.8 Å². The van der Waals surface area contributed by atoms with E-state index >= 15 is 0 Å². The van der Waals surface area contributed by atoms with Crippen LogP contribution in [-0.2, 0) is 4.79 Å². The predicted molar refractivity (Wildman–Crippen MR) is 102 cm³/mol. The molecule has 1 unspecified atom stereocenters. The van der Waals surface area contributed by atoms with Crippen molar-refractivity contribution in [2.75, 3.05) is 12.4 Å². The minimum Gasteiger partial charge on any atom is -0.497 e. The molecule has 0 spiro atoms. The molecule has 2 aromatic carbocycles. The average Bonchev–Trinajstić information content (AvgIpc) is 2.94. The van der Waals surface area contributed by atoms with Gasteiger partial charge in [-0.2, -0.15) is 0 Å². The molecule has 1 aliphatic rings. The number of methoxy groups -OCH3 is 1. The van der Waals surface area contributed by atoms with Crippen LogP contribution in [0, 0.1) is 0 Å². The van der Waals surface area contributed by atoms with E-state index in [1.807, 2.05) is 6.92 Å². The molecule has 0 radical (unpaired) electrons. The van der Waals surface area contributed by atoms with Gasteiger partial charge in [-0.15, -0.1) is 0 Å². The lowest BCUT2D eigenvalue weighted by Crippen LogP contribution is -2.47. The Labute approximate surface area is 158 Å². The van der Waals surface area contributed by atoms with E-state index in [0.717, 1.165) is 17.7 Å². The fourth-order valence-corrected chi connectivity index (χ4v) is 3.17. The Hall–Kier alpha value is -3.15. The van der Waals surface area contributed by atoms with E-state index in [1.165, 1.54) is 0 Å². The number of hydrogen-bond donors (Lipinski definition) is 1. The highest BCUT2D eigenvalue weighted by Gasteiger charge is 2.42. The maximum atomic E-state index is 12.9. The first kappa shape index (κ1) is 18.6. The van der Waals surface area contributed by atoms with Gasteiger partial charge in [0.1, 0.15) is 11.8 Å². The smallest absolute Gasteiger partial charge is 0.262 e. The van der Waals surface area contributed by atoms with Crippen LogP contribution in [0.2, 0.25) is 0 Å². The molecule has 140 valence electrons. The molecule has 0 aromatic heterocycles. The van der Waals surface area contributed by atoms with Gasteiger partial charge in [0.05, 0.1) is 18.2 Å². The van der Waals surface area contributed by atoms with E-state index in [4.69, 9.17) is 4.74 Å². The normalized spacial score (nSPS) is 14.1. The van der Waals surface area contributed by atoms with E-state index in [9.17, 15) is 14.4 Å². The summed E-state index contributed by atoms with van der Waals surface area (Å²) in [6.07, 6.45) is 2.01. The van der Waals surface area contributed by atoms with E-state index in [2.05, 4.69) is 5.32 Å². The topological polar surface area (TPSA) is 75.7 Å². The SMILES string of the molecule is CCCCC(C(=O)Nc1ccc(OC)cc1)N1C(=O)c2ccccc2C1=O. The number of benzene rings is 2. The lowest BCUT2D eigenvalue weighted by molar-refractivity contribution is -0.120. The van der Waals surface area contributed by atoms with Gasteiger partial charge in [-0.1, -0.05) is 31.9 Å². The standard InChI is InChI=1S/C21H22N2O4/c1-3-4-9-18(19(24)22-14-10-12-15(27-2)13-11-14)23-20(25)16-7-5-6-8-17(16)21(23)26/h5-8,10-13,18H,3-4,9H2,1-2H3,(H,22,24). The quantitative estimate of drug-likeness (QED) is 0.761. The van der Waals surface area contributed by atoms with Gasteiger partial charge in [0, 0.05) is 5.69 Å². The van der Waals surface area contributed by atoms with Crippen LogP contribution in [0.4, 0.5) is 5.69 Å². The summed E-state index contributed by atoms with van der Waals surface area (Å²) in [5.74, 6) is -0.526. The lowest BCUT2D eigenvalue weighted by atomic mass is 10.1. The second-order valence-electron chi connectivity index (χ2n) is 6.40. The maximum Gasteiger partial charge on any atom is 0.262 e. The number of anilines is 1. The third-order valence-electron chi connectivity index (χ3n) is 4.63. The van der Waals surface area contributed by atoms with Crippen LogP contribution in [0.5, 0.6) is 5.75 Å². The molecule has 3 amide bonds. The molecular formula is C21H22N2O4. The summed E-state index contributed by atoms with van der Waals surface area (Å²) >= 11 is 0. The van der Waals surface area contributed by atoms with Crippen molar-refractivity contribution in [2.45, 2.75) is 32.2 Å². The Balaban J connectivity index is 1.84. The summed E-state index contributed by atoms with van der Waals surface area (Å²) in [6, 6.07) is 12.7. The highest BCUT2D eigenvalue weighted by molar-refractivity contribution is 6.23. The predicted octanol–water partition coefficient (Wildman–Crippen LogP) is 3.49. The highest BCUT2D eigenvalue weighted by atomic mass is 16.5. The molecule has 6 nitrogen and oxygen atoms in total. The van der Waals surface area contributed by atoms with E-state index in [1.54, 1.807) is 55.6 Å². The molecule has 1 atom stereocenters. The van der Waals surface area contributed by atoms with Gasteiger partial charge in [0.25, 0.3) is 11.8 Å². The molecule has 0 saturated heterocycles. The summed E-state index contributed by atoms with van der Waals surface area (Å²) in [6.45, 7) is 2.00. The van der Waals surface area contributed by atoms with Crippen LogP contribution in [-0.4, -0.2) is 35.8 Å². The van der Waals surface area contributed by atoms with Gasteiger partial charge in [0.15, 0.2) is 0 Å². The van der Waals surface area contributed by atoms with Crippen LogP contribution >= 0.6 is 0 Å². The van der Waals surface area contributed by atoms with Gasteiger partial charge in [-0.3, -0.25) is 19.3 Å². The molecule has 0 fully saturated rings. The van der Waals surface area contributed by atoms with Gasteiger partial charge in [-0.25, -0.2) is 0 Å². The number of ether oxygens (including phenoxy) is 1. The number of carbonyl (C=O) groups is 3. The Bertz CT molecular complexity index is 826. The third kappa shape index (κ3) is 3.69. The fraction of sp³-hybridized carbons (Fsp3) is 0.286. The number of nitrogens with one attached hydrogen (secondary N) is 1. The molecule has 27 heavy (non-hydrogen) atoms. The first-order chi connectivity index (χ1) is 13.1. The van der Waals surface area contributed by atoms with Crippen molar-refractivity contribution in [2.24, 2.45) is 0 Å². The minimum absolute atomic E-state index is 0.348. The second kappa shape index (κ2) is 8.03. The molecule has 0 saturated carbocycles. The number of carbonyl (C=O) groups excluding carboxylic acids is 3. The zero-order valence-corrected chi connectivity index (χ0v) is 15.4. The van der Waals surface area contributed by atoms with Gasteiger partial charge in [0.2, 0.25) is 5.91 Å². The highest BCUT2D eigenvalue weighted by Crippen LogP contribution is 2.27. The number of fused-ring (bicyclic) bond motifs is 1. The Kier molecular flexibility index (Phi) is 5.54. The van der Waals surface area contributed by atoms with Crippen LogP contribution < -0.4 is 10.1 Å². The number of rotatable bonds is 7. The Morgan fingerprint density at radius 3 is 2.15 bits per heavy atom. The first-order valence-corrected chi connectivity index (χ1v) is 8.98. The summed E-state index contributed by atoms with van der Waals surface area (Å²) in [4.78, 5) is 39.5.